The van der Waals surface area contributed by atoms with Gasteiger partial charge in [0.1, 0.15) is 37.0 Å². The van der Waals surface area contributed by atoms with Gasteiger partial charge >= 0.3 is 0 Å². The number of benzene rings is 2. The maximum Gasteiger partial charge on any atom is 0.177 e. The van der Waals surface area contributed by atoms with E-state index in [1.165, 1.54) is 17.2 Å². The quantitative estimate of drug-likeness (QED) is 0.219. The van der Waals surface area contributed by atoms with Gasteiger partial charge in [0.15, 0.2) is 23.2 Å². The number of anilines is 1. The zero-order chi connectivity index (χ0) is 24.2. The number of nitrogens with one attached hydrogen (secondary N) is 1. The zero-order valence-electron chi connectivity index (χ0n) is 18.5. The Balaban J connectivity index is 1.28. The van der Waals surface area contributed by atoms with E-state index in [9.17, 15) is 15.3 Å². The lowest BCUT2D eigenvalue weighted by Gasteiger charge is -2.16. The Morgan fingerprint density at radius 2 is 1.91 bits per heavy atom. The van der Waals surface area contributed by atoms with Gasteiger partial charge in [-0.2, -0.15) is 5.10 Å². The Morgan fingerprint density at radius 1 is 1.06 bits per heavy atom. The highest BCUT2D eigenvalue weighted by atomic mass is 16.6. The molecule has 5 rings (SSSR count). The van der Waals surface area contributed by atoms with Gasteiger partial charge in [0.25, 0.3) is 0 Å². The molecule has 4 aromatic rings. The van der Waals surface area contributed by atoms with Gasteiger partial charge < -0.3 is 24.8 Å². The van der Waals surface area contributed by atoms with E-state index in [0.717, 1.165) is 16.9 Å². The van der Waals surface area contributed by atoms with E-state index in [-0.39, 0.29) is 0 Å². The number of aliphatic hydroxyl groups is 3. The molecule has 4 atom stereocenters. The predicted octanol–water partition coefficient (Wildman–Crippen LogP) is 1.46. The van der Waals surface area contributed by atoms with Crippen LogP contribution in [0.3, 0.4) is 0 Å². The van der Waals surface area contributed by atoms with Crippen LogP contribution in [0.4, 0.5) is 5.82 Å². The first kappa shape index (κ1) is 22.9. The Labute approximate surface area is 200 Å². The van der Waals surface area contributed by atoms with E-state index >= 15 is 0 Å². The van der Waals surface area contributed by atoms with Crippen molar-refractivity contribution in [1.82, 2.24) is 19.5 Å². The first-order chi connectivity index (χ1) is 17.1. The summed E-state index contributed by atoms with van der Waals surface area (Å²) in [7, 11) is 0. The maximum atomic E-state index is 10.3. The minimum Gasteiger partial charge on any atom is -0.489 e. The molecule has 1 saturated heterocycles. The number of imidazole rings is 1. The highest BCUT2D eigenvalue weighted by Gasteiger charge is 2.44. The summed E-state index contributed by atoms with van der Waals surface area (Å²) in [5.74, 6) is 1.08. The van der Waals surface area contributed by atoms with Crippen molar-refractivity contribution < 1.29 is 24.8 Å². The molecule has 4 unspecified atom stereocenters. The van der Waals surface area contributed by atoms with E-state index in [2.05, 4.69) is 25.5 Å². The van der Waals surface area contributed by atoms with E-state index in [1.54, 1.807) is 6.21 Å². The molecule has 2 aromatic carbocycles. The van der Waals surface area contributed by atoms with Crippen LogP contribution in [0.25, 0.3) is 11.2 Å². The van der Waals surface area contributed by atoms with Gasteiger partial charge in [0, 0.05) is 0 Å². The number of hydrogen-bond acceptors (Lipinski definition) is 10. The molecular formula is C24H24N6O5. The fourth-order valence-electron chi connectivity index (χ4n) is 3.82. The van der Waals surface area contributed by atoms with Crippen molar-refractivity contribution in [1.29, 1.82) is 0 Å². The molecule has 0 saturated carbocycles. The third-order valence-electron chi connectivity index (χ3n) is 5.64. The van der Waals surface area contributed by atoms with Gasteiger partial charge in [0.2, 0.25) is 0 Å². The molecule has 0 radical (unpaired) electrons. The predicted molar refractivity (Wildman–Crippen MR) is 127 cm³/mol. The molecular weight excluding hydrogens is 452 g/mol. The second-order valence-corrected chi connectivity index (χ2v) is 7.99. The molecule has 11 heteroatoms. The van der Waals surface area contributed by atoms with Crippen LogP contribution in [0.2, 0.25) is 0 Å². The molecule has 0 amide bonds. The van der Waals surface area contributed by atoms with Crippen LogP contribution in [0.15, 0.2) is 72.4 Å². The Morgan fingerprint density at radius 3 is 2.71 bits per heavy atom. The molecule has 0 bridgehead atoms. The molecule has 1 aliphatic heterocycles. The normalized spacial score (nSPS) is 22.1. The zero-order valence-corrected chi connectivity index (χ0v) is 18.5. The highest BCUT2D eigenvalue weighted by molar-refractivity contribution is 5.85. The summed E-state index contributed by atoms with van der Waals surface area (Å²) >= 11 is 0. The smallest absolute Gasteiger partial charge is 0.177 e. The summed E-state index contributed by atoms with van der Waals surface area (Å²) in [6, 6.07) is 17.5. The number of rotatable bonds is 8. The van der Waals surface area contributed by atoms with E-state index < -0.39 is 31.1 Å². The number of nitrogens with zero attached hydrogens (tertiary/aromatic N) is 5. The summed E-state index contributed by atoms with van der Waals surface area (Å²) in [6.07, 6.45) is 0.0804. The van der Waals surface area contributed by atoms with Crippen LogP contribution >= 0.6 is 0 Å². The van der Waals surface area contributed by atoms with Gasteiger partial charge in [-0.3, -0.25) is 9.99 Å². The van der Waals surface area contributed by atoms with Gasteiger partial charge in [-0.1, -0.05) is 42.5 Å². The number of hydrazone groups is 1. The van der Waals surface area contributed by atoms with Gasteiger partial charge in [-0.25, -0.2) is 15.0 Å². The molecule has 3 heterocycles. The molecule has 11 nitrogen and oxygen atoms in total. The fraction of sp³-hybridized carbons (Fsp3) is 0.250. The topological polar surface area (TPSA) is 147 Å². The number of ether oxygens (including phenoxy) is 2. The summed E-state index contributed by atoms with van der Waals surface area (Å²) in [5.41, 5.74) is 5.56. The van der Waals surface area contributed by atoms with Crippen LogP contribution < -0.4 is 10.2 Å². The fourth-order valence-corrected chi connectivity index (χ4v) is 3.82. The number of aromatic nitrogens is 4. The minimum atomic E-state index is -1.25. The van der Waals surface area contributed by atoms with Gasteiger partial charge in [-0.15, -0.1) is 0 Å². The lowest BCUT2D eigenvalue weighted by atomic mass is 10.1. The Bertz CT molecular complexity index is 1310. The minimum absolute atomic E-state index is 0.355. The van der Waals surface area contributed by atoms with Crippen LogP contribution in [0.5, 0.6) is 5.75 Å². The maximum absolute atomic E-state index is 10.3. The van der Waals surface area contributed by atoms with Crippen LogP contribution in [0.1, 0.15) is 17.4 Å². The van der Waals surface area contributed by atoms with Crippen LogP contribution in [-0.4, -0.2) is 66.0 Å². The third kappa shape index (κ3) is 4.84. The molecule has 0 spiro atoms. The first-order valence-corrected chi connectivity index (χ1v) is 11.0. The van der Waals surface area contributed by atoms with Crippen LogP contribution in [0, 0.1) is 0 Å². The number of hydrogen-bond donors (Lipinski definition) is 4. The molecule has 1 fully saturated rings. The summed E-state index contributed by atoms with van der Waals surface area (Å²) in [6.45, 7) is 0.0487. The second kappa shape index (κ2) is 10.2. The van der Waals surface area contributed by atoms with Crippen molar-refractivity contribution in [2.75, 3.05) is 12.0 Å². The number of fused-ring (bicyclic) bond motifs is 1. The van der Waals surface area contributed by atoms with E-state index in [4.69, 9.17) is 9.47 Å². The summed E-state index contributed by atoms with van der Waals surface area (Å²) in [4.78, 5) is 12.7. The summed E-state index contributed by atoms with van der Waals surface area (Å²) < 4.78 is 12.9. The van der Waals surface area contributed by atoms with Crippen molar-refractivity contribution >= 4 is 23.2 Å². The van der Waals surface area contributed by atoms with Crippen LogP contribution in [-0.2, 0) is 11.3 Å². The molecule has 0 aliphatic carbocycles. The van der Waals surface area contributed by atoms with Crippen molar-refractivity contribution in [3.8, 4) is 5.75 Å². The molecule has 35 heavy (non-hydrogen) atoms. The van der Waals surface area contributed by atoms with Crippen molar-refractivity contribution in [2.45, 2.75) is 31.1 Å². The molecule has 1 aliphatic rings. The van der Waals surface area contributed by atoms with Crippen molar-refractivity contribution in [3.05, 3.63) is 78.4 Å². The lowest BCUT2D eigenvalue weighted by molar-refractivity contribution is -0.0511. The SMILES string of the molecule is OCC1OC(n2cnc3c(N/N=C/c4cccc(OCc5ccccc5)c4)ncnc32)C(O)C1O. The first-order valence-electron chi connectivity index (χ1n) is 11.0. The monoisotopic (exact) mass is 476 g/mol. The highest BCUT2D eigenvalue weighted by Crippen LogP contribution is 2.32. The van der Waals surface area contributed by atoms with Crippen molar-refractivity contribution in [3.63, 3.8) is 0 Å². The third-order valence-corrected chi connectivity index (χ3v) is 5.64. The van der Waals surface area contributed by atoms with E-state index in [1.807, 2.05) is 54.6 Å². The van der Waals surface area contributed by atoms with Crippen molar-refractivity contribution in [2.24, 2.45) is 5.10 Å². The average Bonchev–Trinajstić information content (AvgIpc) is 3.45. The Hall–Kier alpha value is -3.90. The van der Waals surface area contributed by atoms with E-state index in [0.29, 0.717) is 23.6 Å². The standard InChI is InChI=1S/C24H24N6O5/c31-11-18-20(32)21(33)24(35-18)30-14-27-19-22(25-13-26-23(19)30)29-28-10-16-7-4-8-17(9-16)34-12-15-5-2-1-3-6-15/h1-10,13-14,18,20-21,24,31-33H,11-12H2,(H,25,26,29)/b28-10+. The molecule has 180 valence electrons. The van der Waals surface area contributed by atoms with Gasteiger partial charge in [-0.05, 0) is 23.3 Å². The molecule has 4 N–H and O–H groups in total. The second-order valence-electron chi connectivity index (χ2n) is 7.99. The number of aliphatic hydroxyl groups excluding tert-OH is 3. The Kier molecular flexibility index (Phi) is 6.64. The molecule has 2 aromatic heterocycles. The lowest BCUT2D eigenvalue weighted by Crippen LogP contribution is -2.33. The van der Waals surface area contributed by atoms with Gasteiger partial charge in [0.05, 0.1) is 19.1 Å². The summed E-state index contributed by atoms with van der Waals surface area (Å²) in [5, 5.41) is 34.0. The average molecular weight is 476 g/mol. The largest absolute Gasteiger partial charge is 0.489 e.